The first-order valence-electron chi connectivity index (χ1n) is 8.68. The van der Waals surface area contributed by atoms with Crippen LogP contribution in [-0.4, -0.2) is 24.3 Å². The minimum absolute atomic E-state index is 0.0310. The summed E-state index contributed by atoms with van der Waals surface area (Å²) < 4.78 is 5.48. The quantitative estimate of drug-likeness (QED) is 0.707. The summed E-state index contributed by atoms with van der Waals surface area (Å²) in [5, 5.41) is 2.94. The van der Waals surface area contributed by atoms with E-state index in [1.165, 1.54) is 5.56 Å². The lowest BCUT2D eigenvalue weighted by molar-refractivity contribution is -0.123. The number of Topliss-reactive ketones (excluding diaryl/α,β-unsaturated/α-hetero) is 1. The van der Waals surface area contributed by atoms with Gasteiger partial charge in [0, 0.05) is 18.0 Å². The van der Waals surface area contributed by atoms with E-state index in [2.05, 4.69) is 17.4 Å². The predicted octanol–water partition coefficient (Wildman–Crippen LogP) is 3.80. The van der Waals surface area contributed by atoms with Crippen LogP contribution < -0.4 is 10.1 Å². The summed E-state index contributed by atoms with van der Waals surface area (Å²) in [7, 11) is 0. The fourth-order valence-electron chi connectivity index (χ4n) is 2.51. The van der Waals surface area contributed by atoms with Gasteiger partial charge in [-0.1, -0.05) is 37.3 Å². The molecule has 25 heavy (non-hydrogen) atoms. The number of benzene rings is 2. The SMILES string of the molecule is CCC(=O)c1ccc(OCC(=O)N[C@@H](C)CCc2ccccc2)cc1. The van der Waals surface area contributed by atoms with Gasteiger partial charge >= 0.3 is 0 Å². The summed E-state index contributed by atoms with van der Waals surface area (Å²) in [4.78, 5) is 23.5. The third-order valence-corrected chi connectivity index (χ3v) is 3.98. The van der Waals surface area contributed by atoms with Crippen molar-refractivity contribution in [2.24, 2.45) is 0 Å². The van der Waals surface area contributed by atoms with E-state index in [9.17, 15) is 9.59 Å². The van der Waals surface area contributed by atoms with Crippen LogP contribution in [0.5, 0.6) is 5.75 Å². The highest BCUT2D eigenvalue weighted by Gasteiger charge is 2.09. The van der Waals surface area contributed by atoms with Gasteiger partial charge in [-0.3, -0.25) is 9.59 Å². The summed E-state index contributed by atoms with van der Waals surface area (Å²) in [5.74, 6) is 0.533. The van der Waals surface area contributed by atoms with Crippen molar-refractivity contribution in [2.75, 3.05) is 6.61 Å². The number of hydrogen-bond donors (Lipinski definition) is 1. The van der Waals surface area contributed by atoms with E-state index in [0.29, 0.717) is 17.7 Å². The lowest BCUT2D eigenvalue weighted by Crippen LogP contribution is -2.36. The van der Waals surface area contributed by atoms with E-state index in [-0.39, 0.29) is 24.3 Å². The van der Waals surface area contributed by atoms with Gasteiger partial charge in [-0.15, -0.1) is 0 Å². The molecule has 132 valence electrons. The van der Waals surface area contributed by atoms with E-state index in [0.717, 1.165) is 12.8 Å². The molecule has 0 aliphatic heterocycles. The van der Waals surface area contributed by atoms with Gasteiger partial charge in [0.15, 0.2) is 12.4 Å². The Balaban J connectivity index is 1.71. The van der Waals surface area contributed by atoms with E-state index in [4.69, 9.17) is 4.74 Å². The molecule has 0 aliphatic rings. The molecule has 0 aliphatic carbocycles. The zero-order valence-electron chi connectivity index (χ0n) is 14.8. The van der Waals surface area contributed by atoms with E-state index in [1.807, 2.05) is 32.0 Å². The van der Waals surface area contributed by atoms with Gasteiger partial charge in [-0.25, -0.2) is 0 Å². The van der Waals surface area contributed by atoms with Crippen LogP contribution >= 0.6 is 0 Å². The minimum atomic E-state index is -0.144. The Morgan fingerprint density at radius 2 is 1.72 bits per heavy atom. The lowest BCUT2D eigenvalue weighted by Gasteiger charge is -2.14. The molecule has 0 radical (unpaired) electrons. The highest BCUT2D eigenvalue weighted by molar-refractivity contribution is 5.95. The molecule has 0 heterocycles. The number of amides is 1. The Labute approximate surface area is 149 Å². The number of rotatable bonds is 9. The first-order valence-corrected chi connectivity index (χ1v) is 8.68. The largest absolute Gasteiger partial charge is 0.484 e. The van der Waals surface area contributed by atoms with Gasteiger partial charge in [0.1, 0.15) is 5.75 Å². The average molecular weight is 339 g/mol. The van der Waals surface area contributed by atoms with Gasteiger partial charge in [-0.05, 0) is 49.6 Å². The fraction of sp³-hybridized carbons (Fsp3) is 0.333. The Morgan fingerprint density at radius 1 is 1.04 bits per heavy atom. The second-order valence-corrected chi connectivity index (χ2v) is 6.08. The number of ketones is 1. The molecule has 0 spiro atoms. The van der Waals surface area contributed by atoms with Crippen molar-refractivity contribution in [1.82, 2.24) is 5.32 Å². The molecule has 4 nitrogen and oxygen atoms in total. The van der Waals surface area contributed by atoms with Crippen molar-refractivity contribution < 1.29 is 14.3 Å². The van der Waals surface area contributed by atoms with Crippen LogP contribution in [0.1, 0.15) is 42.6 Å². The van der Waals surface area contributed by atoms with Crippen molar-refractivity contribution in [1.29, 1.82) is 0 Å². The molecular weight excluding hydrogens is 314 g/mol. The molecule has 0 saturated heterocycles. The van der Waals surface area contributed by atoms with Gasteiger partial charge in [-0.2, -0.15) is 0 Å². The highest BCUT2D eigenvalue weighted by Crippen LogP contribution is 2.13. The number of carbonyl (C=O) groups is 2. The molecule has 0 aromatic heterocycles. The number of nitrogens with one attached hydrogen (secondary N) is 1. The third-order valence-electron chi connectivity index (χ3n) is 3.98. The van der Waals surface area contributed by atoms with E-state index >= 15 is 0 Å². The Morgan fingerprint density at radius 3 is 2.36 bits per heavy atom. The van der Waals surface area contributed by atoms with Crippen molar-refractivity contribution in [2.45, 2.75) is 39.2 Å². The number of aryl methyl sites for hydroxylation is 1. The molecule has 1 amide bonds. The summed E-state index contributed by atoms with van der Waals surface area (Å²) >= 11 is 0. The van der Waals surface area contributed by atoms with Crippen LogP contribution in [0.4, 0.5) is 0 Å². The summed E-state index contributed by atoms with van der Waals surface area (Å²) in [5.41, 5.74) is 1.93. The maximum Gasteiger partial charge on any atom is 0.258 e. The zero-order chi connectivity index (χ0) is 18.1. The Kier molecular flexibility index (Phi) is 7.20. The van der Waals surface area contributed by atoms with E-state index < -0.39 is 0 Å². The first-order chi connectivity index (χ1) is 12.1. The second kappa shape index (κ2) is 9.62. The smallest absolute Gasteiger partial charge is 0.258 e. The molecule has 0 saturated carbocycles. The molecular formula is C21H25NO3. The predicted molar refractivity (Wildman–Crippen MR) is 98.9 cm³/mol. The van der Waals surface area contributed by atoms with Gasteiger partial charge in [0.25, 0.3) is 5.91 Å². The van der Waals surface area contributed by atoms with Crippen LogP contribution in [-0.2, 0) is 11.2 Å². The third kappa shape index (κ3) is 6.42. The van der Waals surface area contributed by atoms with Gasteiger partial charge in [0.2, 0.25) is 0 Å². The topological polar surface area (TPSA) is 55.4 Å². The molecule has 1 N–H and O–H groups in total. The van der Waals surface area contributed by atoms with Crippen molar-refractivity contribution in [3.05, 3.63) is 65.7 Å². The lowest BCUT2D eigenvalue weighted by atomic mass is 10.1. The molecule has 2 aromatic rings. The standard InChI is InChI=1S/C21H25NO3/c1-3-20(23)18-11-13-19(14-12-18)25-15-21(24)22-16(2)9-10-17-7-5-4-6-8-17/h4-8,11-14,16H,3,9-10,15H2,1-2H3,(H,22,24)/t16-/m0/s1. The summed E-state index contributed by atoms with van der Waals surface area (Å²) in [6, 6.07) is 17.2. The number of carbonyl (C=O) groups excluding carboxylic acids is 2. The molecule has 0 fully saturated rings. The van der Waals surface area contributed by atoms with Gasteiger partial charge < -0.3 is 10.1 Å². The van der Waals surface area contributed by atoms with Crippen LogP contribution in [0.25, 0.3) is 0 Å². The molecule has 2 aromatic carbocycles. The Bertz CT molecular complexity index is 680. The van der Waals surface area contributed by atoms with Crippen molar-refractivity contribution in [3.8, 4) is 5.75 Å². The van der Waals surface area contributed by atoms with Gasteiger partial charge in [0.05, 0.1) is 0 Å². The van der Waals surface area contributed by atoms with E-state index in [1.54, 1.807) is 24.3 Å². The number of ether oxygens (including phenoxy) is 1. The van der Waals surface area contributed by atoms with Crippen molar-refractivity contribution in [3.63, 3.8) is 0 Å². The molecule has 0 bridgehead atoms. The summed E-state index contributed by atoms with van der Waals surface area (Å²) in [6.07, 6.45) is 2.28. The van der Waals surface area contributed by atoms with Crippen LogP contribution in [0.2, 0.25) is 0 Å². The Hall–Kier alpha value is -2.62. The minimum Gasteiger partial charge on any atom is -0.484 e. The molecule has 4 heteroatoms. The normalized spacial score (nSPS) is 11.6. The molecule has 1 atom stereocenters. The maximum absolute atomic E-state index is 12.0. The highest BCUT2D eigenvalue weighted by atomic mass is 16.5. The zero-order valence-corrected chi connectivity index (χ0v) is 14.8. The average Bonchev–Trinajstić information content (AvgIpc) is 2.65. The molecule has 2 rings (SSSR count). The fourth-order valence-corrected chi connectivity index (χ4v) is 2.51. The van der Waals surface area contributed by atoms with Crippen LogP contribution in [0.15, 0.2) is 54.6 Å². The first kappa shape index (κ1) is 18.7. The maximum atomic E-state index is 12.0. The molecule has 0 unspecified atom stereocenters. The monoisotopic (exact) mass is 339 g/mol. The summed E-state index contributed by atoms with van der Waals surface area (Å²) in [6.45, 7) is 3.79. The number of hydrogen-bond acceptors (Lipinski definition) is 3. The van der Waals surface area contributed by atoms with Crippen LogP contribution in [0.3, 0.4) is 0 Å². The van der Waals surface area contributed by atoms with Crippen LogP contribution in [0, 0.1) is 0 Å². The van der Waals surface area contributed by atoms with Crippen molar-refractivity contribution >= 4 is 11.7 Å². The second-order valence-electron chi connectivity index (χ2n) is 6.08.